The third-order valence-electron chi connectivity index (χ3n) is 2.73. The average molecular weight is 213 g/mol. The number of nitrogens with two attached hydrogens (primary N) is 1. The van der Waals surface area contributed by atoms with E-state index in [1.54, 1.807) is 0 Å². The standard InChI is InChI=1S/C10H19N3O2/c1-10(3-2-4-12-6-10)7-13-9(15)5-8(11)14/h12H,2-7H2,1H3,(H2,11,14)(H,13,15). The highest BCUT2D eigenvalue weighted by Crippen LogP contribution is 2.23. The lowest BCUT2D eigenvalue weighted by molar-refractivity contribution is -0.128. The molecule has 1 unspecified atom stereocenters. The summed E-state index contributed by atoms with van der Waals surface area (Å²) in [6.07, 6.45) is 2.00. The fraction of sp³-hybridized carbons (Fsp3) is 0.800. The van der Waals surface area contributed by atoms with E-state index in [9.17, 15) is 9.59 Å². The van der Waals surface area contributed by atoms with E-state index in [2.05, 4.69) is 17.6 Å². The lowest BCUT2D eigenvalue weighted by Crippen LogP contribution is -2.46. The van der Waals surface area contributed by atoms with Gasteiger partial charge in [-0.2, -0.15) is 0 Å². The molecule has 1 aliphatic rings. The smallest absolute Gasteiger partial charge is 0.229 e. The largest absolute Gasteiger partial charge is 0.369 e. The first-order chi connectivity index (χ1) is 7.02. The fourth-order valence-electron chi connectivity index (χ4n) is 1.80. The molecule has 0 bridgehead atoms. The average Bonchev–Trinajstić information content (AvgIpc) is 2.15. The van der Waals surface area contributed by atoms with Crippen molar-refractivity contribution in [2.24, 2.45) is 11.1 Å². The Kier molecular flexibility index (Phi) is 4.08. The number of carbonyl (C=O) groups is 2. The molecular weight excluding hydrogens is 194 g/mol. The Morgan fingerprint density at radius 3 is 2.80 bits per heavy atom. The molecule has 86 valence electrons. The SMILES string of the molecule is CC1(CNC(=O)CC(N)=O)CCCNC1. The summed E-state index contributed by atoms with van der Waals surface area (Å²) in [5.74, 6) is -0.867. The van der Waals surface area contributed by atoms with Gasteiger partial charge in [-0.25, -0.2) is 0 Å². The molecule has 4 N–H and O–H groups in total. The maximum absolute atomic E-state index is 11.2. The summed E-state index contributed by atoms with van der Waals surface area (Å²) < 4.78 is 0. The van der Waals surface area contributed by atoms with Gasteiger partial charge in [0.2, 0.25) is 11.8 Å². The lowest BCUT2D eigenvalue weighted by atomic mass is 9.83. The van der Waals surface area contributed by atoms with Gasteiger partial charge in [0.1, 0.15) is 6.42 Å². The molecule has 0 aromatic heterocycles. The van der Waals surface area contributed by atoms with Crippen molar-refractivity contribution in [3.8, 4) is 0 Å². The van der Waals surface area contributed by atoms with Crippen molar-refractivity contribution in [3.63, 3.8) is 0 Å². The minimum absolute atomic E-state index is 0.103. The molecule has 1 atom stereocenters. The van der Waals surface area contributed by atoms with Gasteiger partial charge in [-0.3, -0.25) is 9.59 Å². The Morgan fingerprint density at radius 1 is 1.53 bits per heavy atom. The molecule has 1 fully saturated rings. The van der Waals surface area contributed by atoms with Crippen LogP contribution in [0.4, 0.5) is 0 Å². The molecule has 5 heteroatoms. The number of hydrogen-bond donors (Lipinski definition) is 3. The van der Waals surface area contributed by atoms with E-state index >= 15 is 0 Å². The first-order valence-corrected chi connectivity index (χ1v) is 5.28. The van der Waals surface area contributed by atoms with E-state index in [-0.39, 0.29) is 17.7 Å². The number of carbonyl (C=O) groups excluding carboxylic acids is 2. The number of piperidine rings is 1. The molecule has 0 aliphatic carbocycles. The Hall–Kier alpha value is -1.10. The Balaban J connectivity index is 2.28. The third kappa shape index (κ3) is 4.29. The zero-order valence-electron chi connectivity index (χ0n) is 9.14. The van der Waals surface area contributed by atoms with Crippen LogP contribution in [-0.4, -0.2) is 31.4 Å². The molecule has 1 saturated heterocycles. The van der Waals surface area contributed by atoms with Crippen molar-refractivity contribution in [2.75, 3.05) is 19.6 Å². The lowest BCUT2D eigenvalue weighted by Gasteiger charge is -2.34. The second kappa shape index (κ2) is 5.11. The van der Waals surface area contributed by atoms with Gasteiger partial charge >= 0.3 is 0 Å². The second-order valence-electron chi connectivity index (χ2n) is 4.51. The predicted octanol–water partition coefficient (Wildman–Crippen LogP) is -0.632. The van der Waals surface area contributed by atoms with Crippen molar-refractivity contribution in [1.82, 2.24) is 10.6 Å². The maximum Gasteiger partial charge on any atom is 0.229 e. The van der Waals surface area contributed by atoms with Gasteiger partial charge in [0.25, 0.3) is 0 Å². The van der Waals surface area contributed by atoms with Gasteiger partial charge in [0.05, 0.1) is 0 Å². The Bertz CT molecular complexity index is 247. The highest BCUT2D eigenvalue weighted by molar-refractivity contribution is 5.96. The van der Waals surface area contributed by atoms with Gasteiger partial charge < -0.3 is 16.4 Å². The van der Waals surface area contributed by atoms with Crippen LogP contribution in [-0.2, 0) is 9.59 Å². The number of primary amides is 1. The van der Waals surface area contributed by atoms with Crippen LogP contribution >= 0.6 is 0 Å². The van der Waals surface area contributed by atoms with Crippen LogP contribution < -0.4 is 16.4 Å². The van der Waals surface area contributed by atoms with Gasteiger partial charge in [0.15, 0.2) is 0 Å². The number of amides is 2. The maximum atomic E-state index is 11.2. The van der Waals surface area contributed by atoms with Gasteiger partial charge in [-0.05, 0) is 24.8 Å². The van der Waals surface area contributed by atoms with Crippen molar-refractivity contribution >= 4 is 11.8 Å². The van der Waals surface area contributed by atoms with Crippen molar-refractivity contribution in [3.05, 3.63) is 0 Å². The van der Waals surface area contributed by atoms with Crippen LogP contribution in [0.3, 0.4) is 0 Å². The summed E-state index contributed by atoms with van der Waals surface area (Å²) >= 11 is 0. The molecule has 0 aromatic rings. The molecule has 0 spiro atoms. The predicted molar refractivity (Wildman–Crippen MR) is 57.0 cm³/mol. The zero-order chi connectivity index (χ0) is 11.3. The highest BCUT2D eigenvalue weighted by Gasteiger charge is 2.27. The number of nitrogens with one attached hydrogen (secondary N) is 2. The normalized spacial score (nSPS) is 25.9. The topological polar surface area (TPSA) is 84.2 Å². The van der Waals surface area contributed by atoms with Crippen LogP contribution in [0.1, 0.15) is 26.2 Å². The first kappa shape index (κ1) is 12.0. The molecule has 1 aliphatic heterocycles. The van der Waals surface area contributed by atoms with Gasteiger partial charge in [-0.15, -0.1) is 0 Å². The second-order valence-corrected chi connectivity index (χ2v) is 4.51. The molecule has 0 aromatic carbocycles. The summed E-state index contributed by atoms with van der Waals surface area (Å²) in [4.78, 5) is 21.7. The van der Waals surface area contributed by atoms with E-state index in [0.717, 1.165) is 25.9 Å². The van der Waals surface area contributed by atoms with Crippen LogP contribution in [0.25, 0.3) is 0 Å². The zero-order valence-corrected chi connectivity index (χ0v) is 9.14. The van der Waals surface area contributed by atoms with Crippen LogP contribution in [0.5, 0.6) is 0 Å². The van der Waals surface area contributed by atoms with E-state index in [0.29, 0.717) is 6.54 Å². The molecule has 1 rings (SSSR count). The van der Waals surface area contributed by atoms with Crippen molar-refractivity contribution < 1.29 is 9.59 Å². The summed E-state index contributed by atoms with van der Waals surface area (Å²) in [7, 11) is 0. The van der Waals surface area contributed by atoms with Crippen LogP contribution in [0, 0.1) is 5.41 Å². The van der Waals surface area contributed by atoms with E-state index < -0.39 is 5.91 Å². The summed E-state index contributed by atoms with van der Waals surface area (Å²) in [5, 5.41) is 6.04. The molecule has 1 heterocycles. The van der Waals surface area contributed by atoms with Crippen LogP contribution in [0.15, 0.2) is 0 Å². The first-order valence-electron chi connectivity index (χ1n) is 5.28. The molecular formula is C10H19N3O2. The summed E-state index contributed by atoms with van der Waals surface area (Å²) in [6, 6.07) is 0. The van der Waals surface area contributed by atoms with Crippen LogP contribution in [0.2, 0.25) is 0 Å². The molecule has 15 heavy (non-hydrogen) atoms. The van der Waals surface area contributed by atoms with E-state index in [1.165, 1.54) is 0 Å². The van der Waals surface area contributed by atoms with E-state index in [1.807, 2.05) is 0 Å². The minimum atomic E-state index is -0.584. The molecule has 5 nitrogen and oxygen atoms in total. The fourth-order valence-corrected chi connectivity index (χ4v) is 1.80. The number of rotatable bonds is 4. The van der Waals surface area contributed by atoms with Gasteiger partial charge in [0, 0.05) is 13.1 Å². The summed E-state index contributed by atoms with van der Waals surface area (Å²) in [5.41, 5.74) is 5.03. The Labute approximate surface area is 89.8 Å². The highest BCUT2D eigenvalue weighted by atomic mass is 16.2. The Morgan fingerprint density at radius 2 is 2.27 bits per heavy atom. The minimum Gasteiger partial charge on any atom is -0.369 e. The van der Waals surface area contributed by atoms with Gasteiger partial charge in [-0.1, -0.05) is 6.92 Å². The monoisotopic (exact) mass is 213 g/mol. The summed E-state index contributed by atoms with van der Waals surface area (Å²) in [6.45, 7) is 4.69. The number of hydrogen-bond acceptors (Lipinski definition) is 3. The quantitative estimate of drug-likeness (QED) is 0.543. The third-order valence-corrected chi connectivity index (χ3v) is 2.73. The molecule has 2 amide bonds. The van der Waals surface area contributed by atoms with Crippen molar-refractivity contribution in [2.45, 2.75) is 26.2 Å². The van der Waals surface area contributed by atoms with Crippen molar-refractivity contribution in [1.29, 1.82) is 0 Å². The molecule has 0 radical (unpaired) electrons. The molecule has 0 saturated carbocycles. The van der Waals surface area contributed by atoms with E-state index in [4.69, 9.17) is 5.73 Å².